The van der Waals surface area contributed by atoms with Gasteiger partial charge in [-0.05, 0) is 48.0 Å². The van der Waals surface area contributed by atoms with Gasteiger partial charge >= 0.3 is 0 Å². The highest BCUT2D eigenvalue weighted by Crippen LogP contribution is 2.21. The minimum absolute atomic E-state index is 0.285. The van der Waals surface area contributed by atoms with Crippen molar-refractivity contribution >= 4 is 21.6 Å². The highest BCUT2D eigenvalue weighted by Gasteiger charge is 2.18. The molecular formula is C18H17BrFN3. The minimum Gasteiger partial charge on any atom is -0.369 e. The topological polar surface area (TPSA) is 30.3 Å². The van der Waals surface area contributed by atoms with E-state index in [1.54, 1.807) is 6.07 Å². The highest BCUT2D eigenvalue weighted by molar-refractivity contribution is 9.10. The second-order valence-corrected chi connectivity index (χ2v) is 6.57. The molecule has 0 amide bonds. The zero-order valence-electron chi connectivity index (χ0n) is 12.7. The Kier molecular flexibility index (Phi) is 4.94. The van der Waals surface area contributed by atoms with Gasteiger partial charge in [-0.1, -0.05) is 15.9 Å². The predicted octanol–water partition coefficient (Wildman–Crippen LogP) is 3.78. The number of rotatable bonds is 3. The molecule has 23 heavy (non-hydrogen) atoms. The summed E-state index contributed by atoms with van der Waals surface area (Å²) in [6, 6.07) is 14.8. The zero-order chi connectivity index (χ0) is 16.2. The lowest BCUT2D eigenvalue weighted by Crippen LogP contribution is -2.46. The zero-order valence-corrected chi connectivity index (χ0v) is 14.3. The summed E-state index contributed by atoms with van der Waals surface area (Å²) < 4.78 is 14.5. The molecule has 0 saturated carbocycles. The van der Waals surface area contributed by atoms with E-state index >= 15 is 0 Å². The van der Waals surface area contributed by atoms with Gasteiger partial charge in [0.2, 0.25) is 0 Å². The molecule has 1 saturated heterocycles. The molecule has 0 aliphatic carbocycles. The molecule has 3 nitrogen and oxygen atoms in total. The van der Waals surface area contributed by atoms with Crippen molar-refractivity contribution in [3.05, 3.63) is 63.9 Å². The van der Waals surface area contributed by atoms with Crippen molar-refractivity contribution in [3.63, 3.8) is 0 Å². The Hall–Kier alpha value is -1.90. The molecule has 1 aliphatic rings. The molecule has 5 heteroatoms. The number of halogens is 2. The Balaban J connectivity index is 1.62. The second-order valence-electron chi connectivity index (χ2n) is 5.65. The van der Waals surface area contributed by atoms with E-state index in [2.05, 4.69) is 43.9 Å². The van der Waals surface area contributed by atoms with Crippen LogP contribution >= 0.6 is 15.9 Å². The van der Waals surface area contributed by atoms with Gasteiger partial charge in [-0.3, -0.25) is 4.90 Å². The fourth-order valence-corrected chi connectivity index (χ4v) is 3.12. The molecule has 118 valence electrons. The average Bonchev–Trinajstić information content (AvgIpc) is 2.57. The normalized spacial score (nSPS) is 15.4. The number of benzene rings is 2. The van der Waals surface area contributed by atoms with Gasteiger partial charge in [0.25, 0.3) is 0 Å². The van der Waals surface area contributed by atoms with Crippen LogP contribution in [-0.4, -0.2) is 31.1 Å². The summed E-state index contributed by atoms with van der Waals surface area (Å²) in [6.07, 6.45) is 0. The fraction of sp³-hybridized carbons (Fsp3) is 0.278. The van der Waals surface area contributed by atoms with Crippen LogP contribution in [0.1, 0.15) is 11.1 Å². The molecular weight excluding hydrogens is 357 g/mol. The van der Waals surface area contributed by atoms with Crippen LogP contribution in [0, 0.1) is 17.1 Å². The largest absolute Gasteiger partial charge is 0.369 e. The van der Waals surface area contributed by atoms with Crippen LogP contribution in [0.2, 0.25) is 0 Å². The fourth-order valence-electron chi connectivity index (χ4n) is 2.86. The number of nitriles is 1. The van der Waals surface area contributed by atoms with Gasteiger partial charge in [0, 0.05) is 42.9 Å². The average molecular weight is 374 g/mol. The first-order valence-electron chi connectivity index (χ1n) is 7.57. The molecule has 2 aromatic rings. The summed E-state index contributed by atoms with van der Waals surface area (Å²) in [5.74, 6) is -0.285. The monoisotopic (exact) mass is 373 g/mol. The molecule has 0 radical (unpaired) electrons. The predicted molar refractivity (Wildman–Crippen MR) is 92.7 cm³/mol. The molecule has 1 heterocycles. The third-order valence-corrected chi connectivity index (χ3v) is 4.67. The summed E-state index contributed by atoms with van der Waals surface area (Å²) in [5, 5.41) is 9.15. The first kappa shape index (κ1) is 16.0. The molecule has 1 aliphatic heterocycles. The van der Waals surface area contributed by atoms with Gasteiger partial charge in [-0.2, -0.15) is 5.26 Å². The van der Waals surface area contributed by atoms with Crippen LogP contribution in [0.15, 0.2) is 46.9 Å². The summed E-state index contributed by atoms with van der Waals surface area (Å²) in [6.45, 7) is 4.28. The van der Waals surface area contributed by atoms with Crippen LogP contribution in [0.3, 0.4) is 0 Å². The third kappa shape index (κ3) is 3.90. The van der Waals surface area contributed by atoms with Crippen molar-refractivity contribution in [1.29, 1.82) is 5.26 Å². The van der Waals surface area contributed by atoms with Crippen LogP contribution < -0.4 is 4.90 Å². The van der Waals surface area contributed by atoms with Gasteiger partial charge < -0.3 is 4.90 Å². The van der Waals surface area contributed by atoms with Crippen molar-refractivity contribution in [2.45, 2.75) is 6.54 Å². The van der Waals surface area contributed by atoms with Crippen molar-refractivity contribution < 1.29 is 4.39 Å². The standard InChI is InChI=1S/C18H17BrFN3/c19-16-2-5-18(6-3-16)23-9-7-22(8-10-23)13-15-11-17(20)4-1-14(15)12-21/h1-6,11H,7-10,13H2. The quantitative estimate of drug-likeness (QED) is 0.819. The molecule has 0 N–H and O–H groups in total. The van der Waals surface area contributed by atoms with Crippen molar-refractivity contribution in [2.24, 2.45) is 0 Å². The first-order valence-corrected chi connectivity index (χ1v) is 8.36. The second kappa shape index (κ2) is 7.12. The van der Waals surface area contributed by atoms with Crippen molar-refractivity contribution in [2.75, 3.05) is 31.1 Å². The summed E-state index contributed by atoms with van der Waals surface area (Å²) in [7, 11) is 0. The maximum Gasteiger partial charge on any atom is 0.123 e. The molecule has 1 fully saturated rings. The van der Waals surface area contributed by atoms with Gasteiger partial charge in [-0.15, -0.1) is 0 Å². The van der Waals surface area contributed by atoms with E-state index in [0.717, 1.165) is 36.2 Å². The van der Waals surface area contributed by atoms with E-state index < -0.39 is 0 Å². The third-order valence-electron chi connectivity index (χ3n) is 4.15. The van der Waals surface area contributed by atoms with E-state index in [1.807, 2.05) is 12.1 Å². The number of anilines is 1. The van der Waals surface area contributed by atoms with Gasteiger partial charge in [0.05, 0.1) is 11.6 Å². The van der Waals surface area contributed by atoms with Crippen molar-refractivity contribution in [3.8, 4) is 6.07 Å². The maximum atomic E-state index is 13.4. The highest BCUT2D eigenvalue weighted by atomic mass is 79.9. The Morgan fingerprint density at radius 2 is 1.74 bits per heavy atom. The first-order chi connectivity index (χ1) is 11.2. The molecule has 0 atom stereocenters. The van der Waals surface area contributed by atoms with Crippen molar-refractivity contribution in [1.82, 2.24) is 4.90 Å². The molecule has 0 spiro atoms. The molecule has 3 rings (SSSR count). The summed E-state index contributed by atoms with van der Waals surface area (Å²) >= 11 is 3.45. The Bertz CT molecular complexity index is 716. The van der Waals surface area contributed by atoms with Crippen LogP contribution in [0.4, 0.5) is 10.1 Å². The van der Waals surface area contributed by atoms with Gasteiger partial charge in [0.1, 0.15) is 5.82 Å². The number of hydrogen-bond acceptors (Lipinski definition) is 3. The minimum atomic E-state index is -0.285. The molecule has 0 aromatic heterocycles. The number of piperazine rings is 1. The van der Waals surface area contributed by atoms with E-state index in [4.69, 9.17) is 5.26 Å². The molecule has 0 bridgehead atoms. The lowest BCUT2D eigenvalue weighted by molar-refractivity contribution is 0.249. The Labute approximate surface area is 144 Å². The van der Waals surface area contributed by atoms with Crippen LogP contribution in [-0.2, 0) is 6.54 Å². The van der Waals surface area contributed by atoms with Crippen LogP contribution in [0.25, 0.3) is 0 Å². The van der Waals surface area contributed by atoms with Crippen LogP contribution in [0.5, 0.6) is 0 Å². The maximum absolute atomic E-state index is 13.4. The van der Waals surface area contributed by atoms with Gasteiger partial charge in [-0.25, -0.2) is 4.39 Å². The van der Waals surface area contributed by atoms with E-state index in [9.17, 15) is 4.39 Å². The Morgan fingerprint density at radius 3 is 2.39 bits per heavy atom. The summed E-state index contributed by atoms with van der Waals surface area (Å²) in [5.41, 5.74) is 2.54. The van der Waals surface area contributed by atoms with Gasteiger partial charge in [0.15, 0.2) is 0 Å². The van der Waals surface area contributed by atoms with E-state index in [1.165, 1.54) is 17.8 Å². The summed E-state index contributed by atoms with van der Waals surface area (Å²) in [4.78, 5) is 4.62. The SMILES string of the molecule is N#Cc1ccc(F)cc1CN1CCN(c2ccc(Br)cc2)CC1. The smallest absolute Gasteiger partial charge is 0.123 e. The lowest BCUT2D eigenvalue weighted by Gasteiger charge is -2.36. The molecule has 2 aromatic carbocycles. The van der Waals surface area contributed by atoms with E-state index in [-0.39, 0.29) is 5.82 Å². The number of hydrogen-bond donors (Lipinski definition) is 0. The lowest BCUT2D eigenvalue weighted by atomic mass is 10.1. The Morgan fingerprint density at radius 1 is 1.04 bits per heavy atom. The number of nitrogens with zero attached hydrogens (tertiary/aromatic N) is 3. The van der Waals surface area contributed by atoms with E-state index in [0.29, 0.717) is 12.1 Å². The molecule has 0 unspecified atom stereocenters.